The standard InChI is InChI=1S/C12H23N3O/c1-6-13-11(8-16-7-2)12-9(3)14-15(5)10(12)4/h11,13H,6-8H2,1-5H3. The van der Waals surface area contributed by atoms with E-state index in [1.807, 2.05) is 18.7 Å². The van der Waals surface area contributed by atoms with Gasteiger partial charge in [0.2, 0.25) is 0 Å². The predicted molar refractivity (Wildman–Crippen MR) is 65.6 cm³/mol. The maximum atomic E-state index is 5.52. The molecule has 1 aromatic heterocycles. The highest BCUT2D eigenvalue weighted by Crippen LogP contribution is 2.21. The van der Waals surface area contributed by atoms with E-state index in [4.69, 9.17) is 4.74 Å². The Balaban J connectivity index is 2.90. The molecule has 0 aliphatic heterocycles. The summed E-state index contributed by atoms with van der Waals surface area (Å²) in [7, 11) is 1.98. The number of nitrogens with zero attached hydrogens (tertiary/aromatic N) is 2. The lowest BCUT2D eigenvalue weighted by molar-refractivity contribution is 0.123. The second-order valence-corrected chi connectivity index (χ2v) is 3.98. The minimum absolute atomic E-state index is 0.249. The molecule has 4 nitrogen and oxygen atoms in total. The largest absolute Gasteiger partial charge is 0.380 e. The van der Waals surface area contributed by atoms with Gasteiger partial charge in [-0.05, 0) is 27.3 Å². The van der Waals surface area contributed by atoms with Crippen molar-refractivity contribution in [3.05, 3.63) is 17.0 Å². The van der Waals surface area contributed by atoms with Crippen LogP contribution in [0.1, 0.15) is 36.8 Å². The van der Waals surface area contributed by atoms with Gasteiger partial charge in [0.1, 0.15) is 0 Å². The van der Waals surface area contributed by atoms with Crippen LogP contribution >= 0.6 is 0 Å². The third-order valence-corrected chi connectivity index (χ3v) is 2.85. The Morgan fingerprint density at radius 1 is 1.38 bits per heavy atom. The van der Waals surface area contributed by atoms with E-state index < -0.39 is 0 Å². The van der Waals surface area contributed by atoms with Crippen LogP contribution in [0.2, 0.25) is 0 Å². The van der Waals surface area contributed by atoms with E-state index in [-0.39, 0.29) is 6.04 Å². The Morgan fingerprint density at radius 2 is 2.06 bits per heavy atom. The van der Waals surface area contributed by atoms with Gasteiger partial charge >= 0.3 is 0 Å². The minimum atomic E-state index is 0.249. The molecule has 0 aliphatic rings. The monoisotopic (exact) mass is 225 g/mol. The highest BCUT2D eigenvalue weighted by Gasteiger charge is 2.19. The number of rotatable bonds is 6. The lowest BCUT2D eigenvalue weighted by Crippen LogP contribution is -2.26. The molecule has 0 bridgehead atoms. The molecule has 0 aliphatic carbocycles. The van der Waals surface area contributed by atoms with Crippen molar-refractivity contribution in [2.24, 2.45) is 7.05 Å². The smallest absolute Gasteiger partial charge is 0.0662 e. The maximum Gasteiger partial charge on any atom is 0.0662 e. The van der Waals surface area contributed by atoms with Gasteiger partial charge < -0.3 is 10.1 Å². The molecule has 0 fully saturated rings. The minimum Gasteiger partial charge on any atom is -0.380 e. The van der Waals surface area contributed by atoms with Crippen LogP contribution < -0.4 is 5.32 Å². The van der Waals surface area contributed by atoms with Gasteiger partial charge in [0.15, 0.2) is 0 Å². The number of ether oxygens (including phenoxy) is 1. The van der Waals surface area contributed by atoms with Crippen LogP contribution in [0.25, 0.3) is 0 Å². The van der Waals surface area contributed by atoms with Crippen molar-refractivity contribution in [1.82, 2.24) is 15.1 Å². The fraction of sp³-hybridized carbons (Fsp3) is 0.750. The van der Waals surface area contributed by atoms with Gasteiger partial charge in [-0.1, -0.05) is 6.92 Å². The number of aryl methyl sites for hydroxylation is 2. The molecule has 92 valence electrons. The highest BCUT2D eigenvalue weighted by molar-refractivity contribution is 5.28. The molecular weight excluding hydrogens is 202 g/mol. The molecule has 0 radical (unpaired) electrons. The fourth-order valence-electron chi connectivity index (χ4n) is 2.02. The summed E-state index contributed by atoms with van der Waals surface area (Å²) < 4.78 is 7.45. The van der Waals surface area contributed by atoms with E-state index in [1.165, 1.54) is 11.3 Å². The van der Waals surface area contributed by atoms with Crippen molar-refractivity contribution in [3.8, 4) is 0 Å². The average Bonchev–Trinajstić information content (AvgIpc) is 2.49. The first-order chi connectivity index (χ1) is 7.61. The van der Waals surface area contributed by atoms with Crippen LogP contribution in [0.5, 0.6) is 0 Å². The number of likely N-dealkylation sites (N-methyl/N-ethyl adjacent to an activating group) is 1. The van der Waals surface area contributed by atoms with E-state index in [1.54, 1.807) is 0 Å². The lowest BCUT2D eigenvalue weighted by Gasteiger charge is -2.18. The molecule has 4 heteroatoms. The quantitative estimate of drug-likeness (QED) is 0.801. The molecule has 0 saturated carbocycles. The number of hydrogen-bond donors (Lipinski definition) is 1. The van der Waals surface area contributed by atoms with Gasteiger partial charge in [0.25, 0.3) is 0 Å². The summed E-state index contributed by atoms with van der Waals surface area (Å²) in [6, 6.07) is 0.249. The highest BCUT2D eigenvalue weighted by atomic mass is 16.5. The van der Waals surface area contributed by atoms with Gasteiger partial charge in [-0.2, -0.15) is 5.10 Å². The molecule has 0 aromatic carbocycles. The van der Waals surface area contributed by atoms with Crippen LogP contribution in [0, 0.1) is 13.8 Å². The first-order valence-corrected chi connectivity index (χ1v) is 5.93. The molecule has 0 saturated heterocycles. The molecule has 16 heavy (non-hydrogen) atoms. The summed E-state index contributed by atoms with van der Waals surface area (Å²) in [5, 5.41) is 7.89. The average molecular weight is 225 g/mol. The van der Waals surface area contributed by atoms with Crippen molar-refractivity contribution < 1.29 is 4.74 Å². The molecule has 1 atom stereocenters. The summed E-state index contributed by atoms with van der Waals surface area (Å²) in [6.07, 6.45) is 0. The summed E-state index contributed by atoms with van der Waals surface area (Å²) in [5.41, 5.74) is 3.58. The fourth-order valence-corrected chi connectivity index (χ4v) is 2.02. The van der Waals surface area contributed by atoms with Crippen LogP contribution in [0.3, 0.4) is 0 Å². The molecule has 0 spiro atoms. The van der Waals surface area contributed by atoms with Gasteiger partial charge in [-0.15, -0.1) is 0 Å². The molecular formula is C12H23N3O. The molecule has 1 unspecified atom stereocenters. The van der Waals surface area contributed by atoms with E-state index in [0.717, 1.165) is 18.8 Å². The van der Waals surface area contributed by atoms with Crippen molar-refractivity contribution in [2.75, 3.05) is 19.8 Å². The number of hydrogen-bond acceptors (Lipinski definition) is 3. The van der Waals surface area contributed by atoms with Gasteiger partial charge in [0.05, 0.1) is 18.3 Å². The Bertz CT molecular complexity index is 333. The van der Waals surface area contributed by atoms with Crippen molar-refractivity contribution >= 4 is 0 Å². The molecule has 1 heterocycles. The van der Waals surface area contributed by atoms with Crippen LogP contribution in [0.15, 0.2) is 0 Å². The zero-order valence-electron chi connectivity index (χ0n) is 11.0. The van der Waals surface area contributed by atoms with Crippen LogP contribution in [-0.4, -0.2) is 29.5 Å². The zero-order valence-corrected chi connectivity index (χ0v) is 11.0. The summed E-state index contributed by atoms with van der Waals surface area (Å²) >= 11 is 0. The summed E-state index contributed by atoms with van der Waals surface area (Å²) in [6.45, 7) is 10.7. The Morgan fingerprint density at radius 3 is 2.50 bits per heavy atom. The number of aromatic nitrogens is 2. The lowest BCUT2D eigenvalue weighted by atomic mass is 10.1. The van der Waals surface area contributed by atoms with Crippen LogP contribution in [-0.2, 0) is 11.8 Å². The Kier molecular flexibility index (Phi) is 4.96. The van der Waals surface area contributed by atoms with Gasteiger partial charge in [0, 0.05) is 24.9 Å². The third-order valence-electron chi connectivity index (χ3n) is 2.85. The first kappa shape index (κ1) is 13.2. The van der Waals surface area contributed by atoms with E-state index >= 15 is 0 Å². The van der Waals surface area contributed by atoms with E-state index in [0.29, 0.717) is 6.61 Å². The van der Waals surface area contributed by atoms with Gasteiger partial charge in [-0.25, -0.2) is 0 Å². The SMILES string of the molecule is CCNC(COCC)c1c(C)nn(C)c1C. The maximum absolute atomic E-state index is 5.52. The summed E-state index contributed by atoms with van der Waals surface area (Å²) in [5.74, 6) is 0. The Hall–Kier alpha value is -0.870. The molecule has 0 amide bonds. The zero-order chi connectivity index (χ0) is 12.1. The second-order valence-electron chi connectivity index (χ2n) is 3.98. The van der Waals surface area contributed by atoms with E-state index in [2.05, 4.69) is 31.2 Å². The third kappa shape index (κ3) is 2.83. The predicted octanol–water partition coefficient (Wildman–Crippen LogP) is 1.72. The molecule has 1 rings (SSSR count). The van der Waals surface area contributed by atoms with Crippen molar-refractivity contribution in [2.45, 2.75) is 33.7 Å². The van der Waals surface area contributed by atoms with Crippen molar-refractivity contribution in [1.29, 1.82) is 0 Å². The molecule has 1 aromatic rings. The van der Waals surface area contributed by atoms with Gasteiger partial charge in [-0.3, -0.25) is 4.68 Å². The topological polar surface area (TPSA) is 39.1 Å². The first-order valence-electron chi connectivity index (χ1n) is 5.93. The summed E-state index contributed by atoms with van der Waals surface area (Å²) in [4.78, 5) is 0. The number of nitrogens with one attached hydrogen (secondary N) is 1. The van der Waals surface area contributed by atoms with Crippen LogP contribution in [0.4, 0.5) is 0 Å². The second kappa shape index (κ2) is 6.01. The molecule has 1 N–H and O–H groups in total. The Labute approximate surface area is 98.0 Å². The van der Waals surface area contributed by atoms with E-state index in [9.17, 15) is 0 Å². The van der Waals surface area contributed by atoms with Crippen molar-refractivity contribution in [3.63, 3.8) is 0 Å². The normalized spacial score (nSPS) is 13.1.